The van der Waals surface area contributed by atoms with Crippen LogP contribution in [-0.4, -0.2) is 39.2 Å². The molecule has 2 unspecified atom stereocenters. The normalized spacial score (nSPS) is 19.0. The van der Waals surface area contributed by atoms with Crippen molar-refractivity contribution in [2.24, 2.45) is 0 Å². The summed E-state index contributed by atoms with van der Waals surface area (Å²) in [6, 6.07) is 2.92. The average Bonchev–Trinajstić information content (AvgIpc) is 2.82. The molecule has 9 nitrogen and oxygen atoms in total. The third-order valence-electron chi connectivity index (χ3n) is 3.20. The van der Waals surface area contributed by atoms with E-state index in [-0.39, 0.29) is 33.1 Å². The predicted molar refractivity (Wildman–Crippen MR) is 77.1 cm³/mol. The number of nitro groups is 1. The van der Waals surface area contributed by atoms with Gasteiger partial charge in [-0.1, -0.05) is 25.3 Å². The molecular formula is C13H15N3O6Pt. The Balaban J connectivity index is 0.000000509. The first-order valence-electron chi connectivity index (χ1n) is 6.42. The van der Waals surface area contributed by atoms with Gasteiger partial charge in [0.2, 0.25) is 0 Å². The Hall–Kier alpha value is -1.83. The zero-order valence-electron chi connectivity index (χ0n) is 11.8. The predicted octanol–water partition coefficient (Wildman–Crippen LogP) is 3.00. The van der Waals surface area contributed by atoms with Crippen LogP contribution in [0.4, 0.5) is 5.69 Å². The van der Waals surface area contributed by atoms with Gasteiger partial charge in [-0.2, -0.15) is 12.1 Å². The molecule has 1 aliphatic carbocycles. The van der Waals surface area contributed by atoms with E-state index in [0.29, 0.717) is 0 Å². The summed E-state index contributed by atoms with van der Waals surface area (Å²) in [5.41, 5.74) is 12.2. The minimum atomic E-state index is -1.64. The molecule has 0 spiro atoms. The molecule has 2 atom stereocenters. The van der Waals surface area contributed by atoms with E-state index in [0.717, 1.165) is 37.5 Å². The summed E-state index contributed by atoms with van der Waals surface area (Å²) >= 11 is 0. The molecule has 0 aromatic heterocycles. The molecular weight excluding hydrogens is 489 g/mol. The maximum Gasteiger partial charge on any atom is 2.00 e. The number of hydrogen-bond acceptors (Lipinski definition) is 4. The van der Waals surface area contributed by atoms with Crippen LogP contribution < -0.4 is 0 Å². The summed E-state index contributed by atoms with van der Waals surface area (Å²) in [4.78, 5) is 30.8. The van der Waals surface area contributed by atoms with Crippen molar-refractivity contribution in [2.45, 2.75) is 31.3 Å². The van der Waals surface area contributed by atoms with Crippen molar-refractivity contribution in [2.75, 3.05) is 0 Å². The molecule has 0 bridgehead atoms. The van der Waals surface area contributed by atoms with Gasteiger partial charge in [0.05, 0.1) is 10.5 Å². The van der Waals surface area contributed by atoms with E-state index in [2.05, 4.69) is 0 Å². The van der Waals surface area contributed by atoms with Gasteiger partial charge in [-0.3, -0.25) is 10.1 Å². The van der Waals surface area contributed by atoms with Crippen molar-refractivity contribution >= 4 is 17.6 Å². The van der Waals surface area contributed by atoms with Gasteiger partial charge >= 0.3 is 33.0 Å². The number of carbonyl (C=O) groups is 2. The van der Waals surface area contributed by atoms with Gasteiger partial charge in [-0.25, -0.2) is 9.59 Å². The number of benzene rings is 1. The summed E-state index contributed by atoms with van der Waals surface area (Å²) in [7, 11) is 0. The molecule has 0 heterocycles. The van der Waals surface area contributed by atoms with E-state index in [4.69, 9.17) is 21.7 Å². The minimum Gasteiger partial charge on any atom is -0.676 e. The van der Waals surface area contributed by atoms with Crippen molar-refractivity contribution in [3.8, 4) is 0 Å². The summed E-state index contributed by atoms with van der Waals surface area (Å²) in [6.45, 7) is 0. The zero-order valence-corrected chi connectivity index (χ0v) is 14.1. The third kappa shape index (κ3) is 5.70. The van der Waals surface area contributed by atoms with Crippen LogP contribution in [0.3, 0.4) is 0 Å². The number of nitro benzene ring substituents is 1. The number of rotatable bonds is 3. The summed E-state index contributed by atoms with van der Waals surface area (Å²) in [5, 5.41) is 27.8. The average molecular weight is 504 g/mol. The Kier molecular flexibility index (Phi) is 8.60. The van der Waals surface area contributed by atoms with Gasteiger partial charge in [-0.15, -0.1) is 0 Å². The fraction of sp³-hybridized carbons (Fsp3) is 0.385. The van der Waals surface area contributed by atoms with E-state index in [1.807, 2.05) is 0 Å². The first-order valence-corrected chi connectivity index (χ1v) is 6.42. The number of aromatic carboxylic acids is 2. The Morgan fingerprint density at radius 3 is 1.96 bits per heavy atom. The van der Waals surface area contributed by atoms with Crippen molar-refractivity contribution < 1.29 is 45.8 Å². The molecule has 1 aromatic carbocycles. The smallest absolute Gasteiger partial charge is 0.676 e. The van der Waals surface area contributed by atoms with Crippen molar-refractivity contribution in [1.82, 2.24) is 0 Å². The molecule has 0 radical (unpaired) electrons. The first kappa shape index (κ1) is 21.2. The third-order valence-corrected chi connectivity index (χ3v) is 3.20. The van der Waals surface area contributed by atoms with Gasteiger partial charge in [-0.05, 0) is 6.07 Å². The molecule has 23 heavy (non-hydrogen) atoms. The van der Waals surface area contributed by atoms with E-state index in [1.165, 1.54) is 0 Å². The number of carboxylic acid groups (broad SMARTS) is 2. The monoisotopic (exact) mass is 504 g/mol. The van der Waals surface area contributed by atoms with Crippen LogP contribution in [-0.2, 0) is 21.1 Å². The van der Waals surface area contributed by atoms with Crippen LogP contribution in [0.15, 0.2) is 18.2 Å². The quantitative estimate of drug-likeness (QED) is 0.474. The number of hydrogen-bond donors (Lipinski definition) is 2. The summed E-state index contributed by atoms with van der Waals surface area (Å²) < 4.78 is 0. The van der Waals surface area contributed by atoms with Crippen LogP contribution >= 0.6 is 0 Å². The zero-order chi connectivity index (χ0) is 16.9. The molecule has 4 N–H and O–H groups in total. The molecule has 1 aliphatic rings. The molecule has 1 saturated carbocycles. The van der Waals surface area contributed by atoms with Crippen LogP contribution in [0.2, 0.25) is 0 Å². The molecule has 0 aliphatic heterocycles. The number of nitrogens with zero attached hydrogens (tertiary/aromatic N) is 1. The van der Waals surface area contributed by atoms with Crippen molar-refractivity contribution in [1.29, 1.82) is 0 Å². The fourth-order valence-corrected chi connectivity index (χ4v) is 2.06. The summed E-state index contributed by atoms with van der Waals surface area (Å²) in [6.07, 6.45) is 3.00. The van der Waals surface area contributed by atoms with Gasteiger partial charge < -0.3 is 21.7 Å². The van der Waals surface area contributed by atoms with Crippen molar-refractivity contribution in [3.63, 3.8) is 0 Å². The van der Waals surface area contributed by atoms with Crippen LogP contribution in [0, 0.1) is 10.1 Å². The van der Waals surface area contributed by atoms with E-state index < -0.39 is 33.7 Å². The molecule has 0 amide bonds. The Morgan fingerprint density at radius 2 is 1.65 bits per heavy atom. The second-order valence-electron chi connectivity index (χ2n) is 4.71. The van der Waals surface area contributed by atoms with Gasteiger partial charge in [0.25, 0.3) is 5.69 Å². The summed E-state index contributed by atoms with van der Waals surface area (Å²) in [5.74, 6) is -3.16. The molecule has 1 fully saturated rings. The molecule has 0 saturated heterocycles. The van der Waals surface area contributed by atoms with Crippen LogP contribution in [0.1, 0.15) is 40.0 Å². The molecule has 128 valence electrons. The second-order valence-corrected chi connectivity index (χ2v) is 4.71. The Bertz CT molecular complexity index is 555. The fourth-order valence-electron chi connectivity index (χ4n) is 2.06. The largest absolute Gasteiger partial charge is 2.00 e. The Labute approximate surface area is 146 Å². The maximum atomic E-state index is 10.7. The molecule has 1 aromatic rings. The van der Waals surface area contributed by atoms with Gasteiger partial charge in [0.15, 0.2) is 5.56 Å². The van der Waals surface area contributed by atoms with E-state index in [9.17, 15) is 19.7 Å². The van der Waals surface area contributed by atoms with Crippen LogP contribution in [0.25, 0.3) is 11.5 Å². The minimum absolute atomic E-state index is 0. The Morgan fingerprint density at radius 1 is 1.13 bits per heavy atom. The van der Waals surface area contributed by atoms with E-state index >= 15 is 0 Å². The topological polar surface area (TPSA) is 165 Å². The molecule has 10 heteroatoms. The standard InChI is InChI=1S/C8H5NO6.C5H10N2.Pt/c10-7(11)4-2-1-3-5(9(14)15)6(4)8(12)13;6-4-2-1-3-5(4)7;/h1-3H,(H,10,11)(H,12,13);4-7H,1-3H2;/q;-2;+2. The first-order chi connectivity index (χ1) is 10.3. The van der Waals surface area contributed by atoms with Gasteiger partial charge in [0.1, 0.15) is 0 Å². The van der Waals surface area contributed by atoms with E-state index in [1.54, 1.807) is 0 Å². The molecule has 2 rings (SSSR count). The maximum absolute atomic E-state index is 10.7. The van der Waals surface area contributed by atoms with Gasteiger partial charge in [0, 0.05) is 6.07 Å². The second kappa shape index (κ2) is 9.34. The number of carboxylic acids is 2. The van der Waals surface area contributed by atoms with Crippen LogP contribution in [0.5, 0.6) is 0 Å². The number of nitrogens with one attached hydrogen (secondary N) is 2. The SMILES string of the molecule is O=C(O)c1cccc([N+](=O)[O-])c1C(=O)O.[NH-]C1CCCC1[NH-].[Pt+2]. The van der Waals surface area contributed by atoms with Crippen molar-refractivity contribution in [3.05, 3.63) is 50.9 Å².